The third-order valence-corrected chi connectivity index (χ3v) is 9.26. The molecule has 1 aromatic heterocycles. The van der Waals surface area contributed by atoms with Crippen molar-refractivity contribution in [3.05, 3.63) is 188 Å². The molecule has 0 radical (unpaired) electrons. The molecule has 1 heterocycles. The van der Waals surface area contributed by atoms with Crippen LogP contribution in [0, 0.1) is 0 Å². The number of hydrogen-bond acceptors (Lipinski definition) is 2. The summed E-state index contributed by atoms with van der Waals surface area (Å²) in [5, 5.41) is 4.73. The first-order chi connectivity index (χ1) is 23.8. The predicted octanol–water partition coefficient (Wildman–Crippen LogP) is 13.2. The topological polar surface area (TPSA) is 16.4 Å². The SMILES string of the molecule is c1ccc(-c2ccc(N(c3ccc(-c4cccc5ccc6oc7ccccc7c6c45)cc3)c3cccc(-c4ccccc4)c3)cc2)cc1. The van der Waals surface area contributed by atoms with Gasteiger partial charge in [0.2, 0.25) is 0 Å². The molecule has 0 aliphatic rings. The Bertz CT molecular complexity index is 2530. The Labute approximate surface area is 279 Å². The van der Waals surface area contributed by atoms with Gasteiger partial charge < -0.3 is 9.32 Å². The van der Waals surface area contributed by atoms with E-state index in [0.29, 0.717) is 0 Å². The number of nitrogens with zero attached hydrogens (tertiary/aromatic N) is 1. The van der Waals surface area contributed by atoms with Crippen molar-refractivity contribution in [2.45, 2.75) is 0 Å². The maximum atomic E-state index is 6.27. The molecule has 0 aliphatic carbocycles. The lowest BCUT2D eigenvalue weighted by Gasteiger charge is -2.26. The van der Waals surface area contributed by atoms with Gasteiger partial charge in [0, 0.05) is 33.2 Å². The summed E-state index contributed by atoms with van der Waals surface area (Å²) in [5.41, 5.74) is 12.3. The lowest BCUT2D eigenvalue weighted by atomic mass is 9.94. The van der Waals surface area contributed by atoms with Crippen molar-refractivity contribution in [1.29, 1.82) is 0 Å². The molecule has 0 bridgehead atoms. The molecule has 0 aliphatic heterocycles. The molecule has 0 spiro atoms. The third-order valence-electron chi connectivity index (χ3n) is 9.26. The van der Waals surface area contributed by atoms with E-state index in [1.165, 1.54) is 49.5 Å². The highest BCUT2D eigenvalue weighted by Gasteiger charge is 2.17. The summed E-state index contributed by atoms with van der Waals surface area (Å²) in [5.74, 6) is 0. The van der Waals surface area contributed by atoms with Crippen LogP contribution in [-0.2, 0) is 0 Å². The zero-order chi connectivity index (χ0) is 31.9. The molecule has 9 rings (SSSR count). The highest BCUT2D eigenvalue weighted by molar-refractivity contribution is 6.22. The van der Waals surface area contributed by atoms with E-state index in [1.54, 1.807) is 0 Å². The monoisotopic (exact) mass is 613 g/mol. The normalized spacial score (nSPS) is 11.3. The summed E-state index contributed by atoms with van der Waals surface area (Å²) in [6, 6.07) is 66.9. The van der Waals surface area contributed by atoms with Crippen LogP contribution < -0.4 is 4.90 Å². The standard InChI is InChI=1S/C46H31NO/c1-3-11-32(12-4-1)34-21-26-38(27-22-34)47(40-17-9-16-37(31-40)33-13-5-2-6-14-33)39-28-23-35(24-29-39)41-19-10-15-36-25-30-44-46(45(36)41)42-18-7-8-20-43(42)48-44/h1-31H. The van der Waals surface area contributed by atoms with Crippen molar-refractivity contribution in [3.63, 3.8) is 0 Å². The fraction of sp³-hybridized carbons (Fsp3) is 0. The quantitative estimate of drug-likeness (QED) is 0.185. The van der Waals surface area contributed by atoms with Gasteiger partial charge in [-0.25, -0.2) is 0 Å². The Hall–Kier alpha value is -6.38. The minimum atomic E-state index is 0.913. The average molecular weight is 614 g/mol. The van der Waals surface area contributed by atoms with E-state index in [-0.39, 0.29) is 0 Å². The molecule has 0 saturated heterocycles. The van der Waals surface area contributed by atoms with Gasteiger partial charge in [0.05, 0.1) is 0 Å². The highest BCUT2D eigenvalue weighted by Crippen LogP contribution is 2.42. The summed E-state index contributed by atoms with van der Waals surface area (Å²) in [4.78, 5) is 2.34. The van der Waals surface area contributed by atoms with E-state index in [1.807, 2.05) is 12.1 Å². The van der Waals surface area contributed by atoms with Gasteiger partial charge in [-0.3, -0.25) is 0 Å². The van der Waals surface area contributed by atoms with Crippen LogP contribution in [0.5, 0.6) is 0 Å². The van der Waals surface area contributed by atoms with E-state index in [9.17, 15) is 0 Å². The minimum absolute atomic E-state index is 0.913. The van der Waals surface area contributed by atoms with Crippen LogP contribution in [0.2, 0.25) is 0 Å². The molecule has 0 unspecified atom stereocenters. The summed E-state index contributed by atoms with van der Waals surface area (Å²) >= 11 is 0. The second-order valence-corrected chi connectivity index (χ2v) is 12.2. The molecule has 9 aromatic rings. The van der Waals surface area contributed by atoms with Gasteiger partial charge in [-0.05, 0) is 87.3 Å². The Balaban J connectivity index is 1.17. The van der Waals surface area contributed by atoms with Crippen molar-refractivity contribution in [1.82, 2.24) is 0 Å². The fourth-order valence-electron chi connectivity index (χ4n) is 6.96. The van der Waals surface area contributed by atoms with E-state index in [0.717, 1.165) is 33.6 Å². The van der Waals surface area contributed by atoms with Crippen molar-refractivity contribution in [2.24, 2.45) is 0 Å². The molecule has 0 atom stereocenters. The van der Waals surface area contributed by atoms with E-state index in [2.05, 4.69) is 181 Å². The molecule has 0 fully saturated rings. The molecule has 226 valence electrons. The lowest BCUT2D eigenvalue weighted by molar-refractivity contribution is 0.669. The fourth-order valence-corrected chi connectivity index (χ4v) is 6.96. The summed E-state index contributed by atoms with van der Waals surface area (Å²) in [6.07, 6.45) is 0. The van der Waals surface area contributed by atoms with Gasteiger partial charge in [-0.15, -0.1) is 0 Å². The van der Waals surface area contributed by atoms with Crippen LogP contribution in [0.4, 0.5) is 17.1 Å². The summed E-state index contributed by atoms with van der Waals surface area (Å²) in [6.45, 7) is 0. The largest absolute Gasteiger partial charge is 0.456 e. The number of furan rings is 1. The molecule has 2 heteroatoms. The van der Waals surface area contributed by atoms with Crippen molar-refractivity contribution in [3.8, 4) is 33.4 Å². The highest BCUT2D eigenvalue weighted by atomic mass is 16.3. The zero-order valence-electron chi connectivity index (χ0n) is 26.3. The summed E-state index contributed by atoms with van der Waals surface area (Å²) in [7, 11) is 0. The van der Waals surface area contributed by atoms with Crippen LogP contribution in [0.3, 0.4) is 0 Å². The van der Waals surface area contributed by atoms with Gasteiger partial charge in [-0.2, -0.15) is 0 Å². The summed E-state index contributed by atoms with van der Waals surface area (Å²) < 4.78 is 6.27. The van der Waals surface area contributed by atoms with Crippen molar-refractivity contribution >= 4 is 49.8 Å². The van der Waals surface area contributed by atoms with Crippen LogP contribution in [0.15, 0.2) is 192 Å². The second kappa shape index (κ2) is 11.8. The van der Waals surface area contributed by atoms with E-state index < -0.39 is 0 Å². The van der Waals surface area contributed by atoms with Crippen molar-refractivity contribution in [2.75, 3.05) is 4.90 Å². The maximum absolute atomic E-state index is 6.27. The van der Waals surface area contributed by atoms with Crippen LogP contribution in [0.1, 0.15) is 0 Å². The molecule has 0 N–H and O–H groups in total. The second-order valence-electron chi connectivity index (χ2n) is 12.2. The number of fused-ring (bicyclic) bond motifs is 5. The average Bonchev–Trinajstić information content (AvgIpc) is 3.55. The zero-order valence-corrected chi connectivity index (χ0v) is 26.3. The molecule has 8 aromatic carbocycles. The molecule has 0 saturated carbocycles. The number of hydrogen-bond donors (Lipinski definition) is 0. The first-order valence-corrected chi connectivity index (χ1v) is 16.3. The Morgan fingerprint density at radius 1 is 0.333 bits per heavy atom. The molecular weight excluding hydrogens is 583 g/mol. The van der Waals surface area contributed by atoms with Crippen molar-refractivity contribution < 1.29 is 4.42 Å². The predicted molar refractivity (Wildman–Crippen MR) is 202 cm³/mol. The van der Waals surface area contributed by atoms with Crippen LogP contribution in [-0.4, -0.2) is 0 Å². The Morgan fingerprint density at radius 3 is 1.65 bits per heavy atom. The van der Waals surface area contributed by atoms with E-state index in [4.69, 9.17) is 4.42 Å². The smallest absolute Gasteiger partial charge is 0.136 e. The first kappa shape index (κ1) is 27.9. The molecule has 48 heavy (non-hydrogen) atoms. The Kier molecular flexibility index (Phi) is 6.84. The van der Waals surface area contributed by atoms with Gasteiger partial charge in [0.25, 0.3) is 0 Å². The number of anilines is 3. The van der Waals surface area contributed by atoms with Gasteiger partial charge in [-0.1, -0.05) is 140 Å². The number of benzene rings is 8. The van der Waals surface area contributed by atoms with Gasteiger partial charge >= 0.3 is 0 Å². The molecule has 0 amide bonds. The number of rotatable bonds is 6. The van der Waals surface area contributed by atoms with E-state index >= 15 is 0 Å². The van der Waals surface area contributed by atoms with Crippen LogP contribution in [0.25, 0.3) is 66.1 Å². The third kappa shape index (κ3) is 4.92. The van der Waals surface area contributed by atoms with Crippen LogP contribution >= 0.6 is 0 Å². The first-order valence-electron chi connectivity index (χ1n) is 16.3. The maximum Gasteiger partial charge on any atom is 0.136 e. The van der Waals surface area contributed by atoms with Gasteiger partial charge in [0.1, 0.15) is 11.2 Å². The molecule has 2 nitrogen and oxygen atoms in total. The minimum Gasteiger partial charge on any atom is -0.456 e. The molecular formula is C46H31NO. The Morgan fingerprint density at radius 2 is 0.917 bits per heavy atom. The van der Waals surface area contributed by atoms with Gasteiger partial charge in [0.15, 0.2) is 0 Å². The number of para-hydroxylation sites is 1. The lowest BCUT2D eigenvalue weighted by Crippen LogP contribution is -2.10.